The fraction of sp³-hybridized carbons (Fsp3) is 0.643. The van der Waals surface area contributed by atoms with Gasteiger partial charge in [-0.05, 0) is 25.0 Å². The number of rotatable bonds is 7. The van der Waals surface area contributed by atoms with E-state index in [9.17, 15) is 4.79 Å². The van der Waals surface area contributed by atoms with Gasteiger partial charge in [-0.25, -0.2) is 0 Å². The highest BCUT2D eigenvalue weighted by Crippen LogP contribution is 2.12. The number of hydrogen-bond acceptors (Lipinski definition) is 3. The van der Waals surface area contributed by atoms with Crippen LogP contribution in [-0.4, -0.2) is 43.4 Å². The van der Waals surface area contributed by atoms with E-state index in [2.05, 4.69) is 5.32 Å². The van der Waals surface area contributed by atoms with Crippen LogP contribution >= 0.6 is 0 Å². The van der Waals surface area contributed by atoms with Gasteiger partial charge in [0.05, 0.1) is 13.2 Å². The molecule has 1 aliphatic rings. The molecule has 1 unspecified atom stereocenters. The van der Waals surface area contributed by atoms with Crippen molar-refractivity contribution in [1.82, 2.24) is 9.88 Å². The Balaban J connectivity index is 1.52. The molecule has 2 heterocycles. The van der Waals surface area contributed by atoms with Crippen molar-refractivity contribution in [1.29, 1.82) is 0 Å². The Morgan fingerprint density at radius 2 is 2.53 bits per heavy atom. The van der Waals surface area contributed by atoms with Gasteiger partial charge in [-0.15, -0.1) is 0 Å². The van der Waals surface area contributed by atoms with Crippen molar-refractivity contribution in [2.75, 3.05) is 33.0 Å². The zero-order valence-corrected chi connectivity index (χ0v) is 11.4. The second-order valence-corrected chi connectivity index (χ2v) is 4.92. The number of aryl methyl sites for hydroxylation is 1. The number of carbonyl (C=O) groups excluding carboxylic acids is 1. The minimum atomic E-state index is -0.0308. The molecule has 1 amide bonds. The zero-order valence-electron chi connectivity index (χ0n) is 11.4. The summed E-state index contributed by atoms with van der Waals surface area (Å²) in [7, 11) is 1.86. The third-order valence-electron chi connectivity index (χ3n) is 3.30. The first-order valence-corrected chi connectivity index (χ1v) is 6.82. The fourth-order valence-corrected chi connectivity index (χ4v) is 2.13. The van der Waals surface area contributed by atoms with Crippen molar-refractivity contribution in [2.45, 2.75) is 12.8 Å². The first kappa shape index (κ1) is 14.1. The molecule has 0 aliphatic carbocycles. The molecule has 0 bridgehead atoms. The van der Waals surface area contributed by atoms with E-state index in [0.29, 0.717) is 24.8 Å². The second kappa shape index (κ2) is 7.31. The third-order valence-corrected chi connectivity index (χ3v) is 3.30. The van der Waals surface area contributed by atoms with Gasteiger partial charge in [0.25, 0.3) is 5.91 Å². The Morgan fingerprint density at radius 3 is 3.21 bits per heavy atom. The van der Waals surface area contributed by atoms with Crippen LogP contribution in [-0.2, 0) is 16.5 Å². The van der Waals surface area contributed by atoms with Crippen LogP contribution < -0.4 is 5.32 Å². The topological polar surface area (TPSA) is 52.5 Å². The van der Waals surface area contributed by atoms with Gasteiger partial charge in [0, 0.05) is 38.9 Å². The summed E-state index contributed by atoms with van der Waals surface area (Å²) in [5.74, 6) is 0.523. The van der Waals surface area contributed by atoms with E-state index in [1.54, 1.807) is 0 Å². The summed E-state index contributed by atoms with van der Waals surface area (Å²) < 4.78 is 12.7. The van der Waals surface area contributed by atoms with E-state index in [4.69, 9.17) is 9.47 Å². The summed E-state index contributed by atoms with van der Waals surface area (Å²) in [4.78, 5) is 11.8. The van der Waals surface area contributed by atoms with Gasteiger partial charge in [0.1, 0.15) is 5.69 Å². The maximum Gasteiger partial charge on any atom is 0.267 e. The highest BCUT2D eigenvalue weighted by Gasteiger charge is 2.15. The van der Waals surface area contributed by atoms with E-state index < -0.39 is 0 Å². The lowest BCUT2D eigenvalue weighted by molar-refractivity contribution is 0.0851. The number of amides is 1. The molecule has 1 aromatic rings. The van der Waals surface area contributed by atoms with E-state index in [0.717, 1.165) is 32.7 Å². The summed E-state index contributed by atoms with van der Waals surface area (Å²) in [6.45, 7) is 3.78. The summed E-state index contributed by atoms with van der Waals surface area (Å²) in [5.41, 5.74) is 0.684. The lowest BCUT2D eigenvalue weighted by atomic mass is 10.1. The normalized spacial score (nSPS) is 18.7. The molecule has 1 fully saturated rings. The van der Waals surface area contributed by atoms with Crippen molar-refractivity contribution in [2.24, 2.45) is 13.0 Å². The van der Waals surface area contributed by atoms with Crippen molar-refractivity contribution in [3.05, 3.63) is 24.0 Å². The maximum absolute atomic E-state index is 11.8. The summed E-state index contributed by atoms with van der Waals surface area (Å²) >= 11 is 0. The molecule has 0 radical (unpaired) electrons. The fourth-order valence-electron chi connectivity index (χ4n) is 2.13. The standard InChI is InChI=1S/C14H22N2O3/c1-16-7-2-4-13(16)14(17)15-6-3-8-18-10-12-5-9-19-11-12/h2,4,7,12H,3,5-6,8-11H2,1H3,(H,15,17). The molecule has 106 valence electrons. The van der Waals surface area contributed by atoms with Gasteiger partial charge in [0.15, 0.2) is 0 Å². The van der Waals surface area contributed by atoms with E-state index in [1.165, 1.54) is 0 Å². The Morgan fingerprint density at radius 1 is 1.63 bits per heavy atom. The van der Waals surface area contributed by atoms with Crippen LogP contribution in [0.15, 0.2) is 18.3 Å². The van der Waals surface area contributed by atoms with Crippen LogP contribution in [0.5, 0.6) is 0 Å². The van der Waals surface area contributed by atoms with Crippen molar-refractivity contribution < 1.29 is 14.3 Å². The molecule has 19 heavy (non-hydrogen) atoms. The van der Waals surface area contributed by atoms with Crippen LogP contribution in [0.3, 0.4) is 0 Å². The van der Waals surface area contributed by atoms with Gasteiger partial charge in [-0.3, -0.25) is 4.79 Å². The minimum absolute atomic E-state index is 0.0308. The highest BCUT2D eigenvalue weighted by molar-refractivity contribution is 5.92. The Labute approximate surface area is 113 Å². The van der Waals surface area contributed by atoms with Gasteiger partial charge in [-0.2, -0.15) is 0 Å². The van der Waals surface area contributed by atoms with Crippen LogP contribution in [0.2, 0.25) is 0 Å². The highest BCUT2D eigenvalue weighted by atomic mass is 16.5. The number of hydrogen-bond donors (Lipinski definition) is 1. The second-order valence-electron chi connectivity index (χ2n) is 4.92. The van der Waals surface area contributed by atoms with Crippen LogP contribution in [0.4, 0.5) is 0 Å². The van der Waals surface area contributed by atoms with E-state index in [1.807, 2.05) is 29.9 Å². The first-order chi connectivity index (χ1) is 9.27. The smallest absolute Gasteiger partial charge is 0.267 e. The number of nitrogens with zero attached hydrogens (tertiary/aromatic N) is 1. The number of carbonyl (C=O) groups is 1. The van der Waals surface area contributed by atoms with Crippen molar-refractivity contribution in [3.63, 3.8) is 0 Å². The van der Waals surface area contributed by atoms with Crippen LogP contribution in [0, 0.1) is 5.92 Å². The molecule has 0 saturated carbocycles. The van der Waals surface area contributed by atoms with Crippen LogP contribution in [0.25, 0.3) is 0 Å². The predicted molar refractivity (Wildman–Crippen MR) is 72.1 cm³/mol. The molecular weight excluding hydrogens is 244 g/mol. The Hall–Kier alpha value is -1.33. The molecule has 1 atom stereocenters. The third kappa shape index (κ3) is 4.36. The summed E-state index contributed by atoms with van der Waals surface area (Å²) in [5, 5.41) is 2.89. The summed E-state index contributed by atoms with van der Waals surface area (Å²) in [6, 6.07) is 3.67. The molecule has 1 saturated heterocycles. The van der Waals surface area contributed by atoms with Gasteiger partial charge >= 0.3 is 0 Å². The summed E-state index contributed by atoms with van der Waals surface area (Å²) in [6.07, 6.45) is 3.80. The lowest BCUT2D eigenvalue weighted by Gasteiger charge is -2.09. The van der Waals surface area contributed by atoms with Gasteiger partial charge in [-0.1, -0.05) is 0 Å². The quantitative estimate of drug-likeness (QED) is 0.754. The molecule has 1 aromatic heterocycles. The van der Waals surface area contributed by atoms with E-state index in [-0.39, 0.29) is 5.91 Å². The van der Waals surface area contributed by atoms with Gasteiger partial charge in [0.2, 0.25) is 0 Å². The average Bonchev–Trinajstić information content (AvgIpc) is 3.04. The SMILES string of the molecule is Cn1cccc1C(=O)NCCCOCC1CCOC1. The minimum Gasteiger partial charge on any atom is -0.381 e. The molecular formula is C14H22N2O3. The van der Waals surface area contributed by atoms with E-state index >= 15 is 0 Å². The number of nitrogens with one attached hydrogen (secondary N) is 1. The zero-order chi connectivity index (χ0) is 13.5. The van der Waals surface area contributed by atoms with Gasteiger partial charge < -0.3 is 19.4 Å². The van der Waals surface area contributed by atoms with Crippen molar-refractivity contribution in [3.8, 4) is 0 Å². The van der Waals surface area contributed by atoms with Crippen LogP contribution in [0.1, 0.15) is 23.3 Å². The number of aromatic nitrogens is 1. The largest absolute Gasteiger partial charge is 0.381 e. The average molecular weight is 266 g/mol. The molecule has 0 spiro atoms. The maximum atomic E-state index is 11.8. The molecule has 5 nitrogen and oxygen atoms in total. The predicted octanol–water partition coefficient (Wildman–Crippen LogP) is 1.20. The Kier molecular flexibility index (Phi) is 5.42. The molecule has 1 aliphatic heterocycles. The van der Waals surface area contributed by atoms with Crippen molar-refractivity contribution >= 4 is 5.91 Å². The molecule has 2 rings (SSSR count). The first-order valence-electron chi connectivity index (χ1n) is 6.82. The lowest BCUT2D eigenvalue weighted by Crippen LogP contribution is -2.27. The molecule has 5 heteroatoms. The Bertz CT molecular complexity index is 397. The number of ether oxygens (including phenoxy) is 2. The monoisotopic (exact) mass is 266 g/mol. The molecule has 0 aromatic carbocycles. The molecule has 1 N–H and O–H groups in total.